The fraction of sp³-hybridized carbons (Fsp3) is 0.600. The van der Waals surface area contributed by atoms with Crippen LogP contribution in [0.3, 0.4) is 0 Å². The third-order valence-corrected chi connectivity index (χ3v) is 10.7. The largest absolute Gasteiger partial charge is 0.505 e. The van der Waals surface area contributed by atoms with Gasteiger partial charge in [-0.3, -0.25) is 0 Å². The predicted molar refractivity (Wildman–Crippen MR) is 127 cm³/mol. The predicted octanol–water partition coefficient (Wildman–Crippen LogP) is 4.78. The van der Waals surface area contributed by atoms with E-state index in [2.05, 4.69) is 67.5 Å². The molecular formula is C20H26B2O4S3. The molecule has 0 aliphatic carbocycles. The molecule has 4 nitrogen and oxygen atoms in total. The van der Waals surface area contributed by atoms with Gasteiger partial charge in [0.25, 0.3) is 0 Å². The Morgan fingerprint density at radius 1 is 0.552 bits per heavy atom. The van der Waals surface area contributed by atoms with Crippen molar-refractivity contribution >= 4 is 76.6 Å². The molecule has 0 N–H and O–H groups in total. The molecule has 0 atom stereocenters. The first-order chi connectivity index (χ1) is 13.3. The van der Waals surface area contributed by atoms with Gasteiger partial charge in [-0.05, 0) is 67.5 Å². The van der Waals surface area contributed by atoms with Crippen LogP contribution in [0.25, 0.3) is 18.8 Å². The van der Waals surface area contributed by atoms with Crippen LogP contribution in [0.4, 0.5) is 0 Å². The van der Waals surface area contributed by atoms with Gasteiger partial charge >= 0.3 is 14.2 Å². The molecule has 0 unspecified atom stereocenters. The van der Waals surface area contributed by atoms with E-state index in [-0.39, 0.29) is 36.6 Å². The topological polar surface area (TPSA) is 36.9 Å². The van der Waals surface area contributed by atoms with Crippen molar-refractivity contribution in [2.75, 3.05) is 0 Å². The molecule has 2 fully saturated rings. The van der Waals surface area contributed by atoms with Crippen LogP contribution in [-0.2, 0) is 18.6 Å². The van der Waals surface area contributed by atoms with E-state index < -0.39 is 0 Å². The van der Waals surface area contributed by atoms with Gasteiger partial charge in [0, 0.05) is 19.0 Å². The van der Waals surface area contributed by atoms with Crippen LogP contribution in [-0.4, -0.2) is 36.6 Å². The lowest BCUT2D eigenvalue weighted by molar-refractivity contribution is 0.00578. The molecule has 0 aromatic carbocycles. The van der Waals surface area contributed by atoms with Crippen LogP contribution in [0.2, 0.25) is 0 Å². The summed E-state index contributed by atoms with van der Waals surface area (Å²) < 4.78 is 32.5. The fourth-order valence-electron chi connectivity index (χ4n) is 3.52. The zero-order chi connectivity index (χ0) is 21.0. The molecule has 3 aromatic rings. The molecule has 5 heterocycles. The Balaban J connectivity index is 1.48. The van der Waals surface area contributed by atoms with Crippen LogP contribution in [0.15, 0.2) is 12.1 Å². The monoisotopic (exact) mass is 448 g/mol. The van der Waals surface area contributed by atoms with E-state index in [0.717, 1.165) is 9.55 Å². The molecule has 0 radical (unpaired) electrons. The maximum atomic E-state index is 6.25. The second kappa shape index (κ2) is 6.09. The summed E-state index contributed by atoms with van der Waals surface area (Å²) in [6.07, 6.45) is 0. The molecule has 3 aromatic heterocycles. The van der Waals surface area contributed by atoms with E-state index in [1.807, 2.05) is 11.3 Å². The number of fused-ring (bicyclic) bond motifs is 3. The van der Waals surface area contributed by atoms with Gasteiger partial charge in [-0.25, -0.2) is 0 Å². The van der Waals surface area contributed by atoms with E-state index in [4.69, 9.17) is 18.6 Å². The second-order valence-corrected chi connectivity index (χ2v) is 13.2. The molecule has 2 aliphatic heterocycles. The summed E-state index contributed by atoms with van der Waals surface area (Å²) in [4.78, 5) is 0. The molecule has 2 aliphatic rings. The van der Waals surface area contributed by atoms with E-state index in [0.29, 0.717) is 0 Å². The first kappa shape index (κ1) is 20.5. The van der Waals surface area contributed by atoms with Crippen molar-refractivity contribution in [2.24, 2.45) is 0 Å². The van der Waals surface area contributed by atoms with E-state index in [1.165, 1.54) is 18.8 Å². The summed E-state index contributed by atoms with van der Waals surface area (Å²) >= 11 is 5.37. The van der Waals surface area contributed by atoms with Crippen LogP contribution < -0.4 is 9.55 Å². The minimum atomic E-state index is -0.322. The van der Waals surface area contributed by atoms with Crippen molar-refractivity contribution in [3.63, 3.8) is 0 Å². The summed E-state index contributed by atoms with van der Waals surface area (Å²) in [6, 6.07) is 4.46. The van der Waals surface area contributed by atoms with Gasteiger partial charge in [-0.15, -0.1) is 34.0 Å². The Bertz CT molecular complexity index is 991. The highest BCUT2D eigenvalue weighted by molar-refractivity contribution is 7.43. The van der Waals surface area contributed by atoms with Crippen molar-refractivity contribution in [1.82, 2.24) is 0 Å². The van der Waals surface area contributed by atoms with Gasteiger partial charge in [0.05, 0.1) is 31.8 Å². The minimum absolute atomic E-state index is 0.304. The van der Waals surface area contributed by atoms with Crippen molar-refractivity contribution in [2.45, 2.75) is 77.8 Å². The zero-order valence-electron chi connectivity index (χ0n) is 18.2. The van der Waals surface area contributed by atoms with Crippen molar-refractivity contribution in [1.29, 1.82) is 0 Å². The Kier molecular flexibility index (Phi) is 4.30. The first-order valence-electron chi connectivity index (χ1n) is 9.97. The number of hydrogen-bond donors (Lipinski definition) is 0. The molecule has 29 heavy (non-hydrogen) atoms. The van der Waals surface area contributed by atoms with Crippen LogP contribution >= 0.6 is 34.0 Å². The summed E-state index contributed by atoms with van der Waals surface area (Å²) in [5.41, 5.74) is -1.29. The smallest absolute Gasteiger partial charge is 0.399 e. The SMILES string of the molecule is CC1(C)OB(c2cc3sc4cc(B5OC(C)(C)C(C)(C)O5)sc4c3s2)OC1(C)C. The Labute approximate surface area is 184 Å². The maximum absolute atomic E-state index is 6.25. The van der Waals surface area contributed by atoms with E-state index >= 15 is 0 Å². The lowest BCUT2D eigenvalue weighted by Crippen LogP contribution is -2.41. The van der Waals surface area contributed by atoms with E-state index in [1.54, 1.807) is 22.7 Å². The zero-order valence-corrected chi connectivity index (χ0v) is 20.6. The van der Waals surface area contributed by atoms with Gasteiger partial charge in [-0.2, -0.15) is 0 Å². The first-order valence-corrected chi connectivity index (χ1v) is 12.4. The molecule has 0 amide bonds. The molecule has 0 saturated carbocycles. The Morgan fingerprint density at radius 3 is 1.17 bits per heavy atom. The summed E-state index contributed by atoms with van der Waals surface area (Å²) in [5.74, 6) is 0. The summed E-state index contributed by atoms with van der Waals surface area (Å²) in [7, 11) is -0.607. The highest BCUT2D eigenvalue weighted by Gasteiger charge is 2.53. The molecular weight excluding hydrogens is 422 g/mol. The molecule has 0 bridgehead atoms. The summed E-state index contributed by atoms with van der Waals surface area (Å²) in [6.45, 7) is 16.8. The fourth-order valence-corrected chi connectivity index (χ4v) is 7.48. The Hall–Kier alpha value is -0.410. The molecule has 0 spiro atoms. The average Bonchev–Trinajstić information content (AvgIpc) is 3.28. The molecule has 154 valence electrons. The van der Waals surface area contributed by atoms with Crippen LogP contribution in [0, 0.1) is 0 Å². The molecule has 5 rings (SSSR count). The Morgan fingerprint density at radius 2 is 0.862 bits per heavy atom. The van der Waals surface area contributed by atoms with Crippen molar-refractivity contribution in [3.8, 4) is 0 Å². The van der Waals surface area contributed by atoms with Gasteiger partial charge in [0.2, 0.25) is 0 Å². The third-order valence-electron chi connectivity index (χ3n) is 6.83. The molecule has 2 saturated heterocycles. The standard InChI is InChI=1S/C20H26B2O4S3/c1-17(2)18(3,4)24-21(23-17)13-9-11-15(28-13)16-12(27-11)10-14(29-16)22-25-19(5,6)20(7,8)26-22/h9-10H,1-8H3. The normalized spacial score (nSPS) is 25.0. The van der Waals surface area contributed by atoms with Gasteiger partial charge in [0.15, 0.2) is 0 Å². The number of hydrogen-bond acceptors (Lipinski definition) is 7. The van der Waals surface area contributed by atoms with Crippen LogP contribution in [0.1, 0.15) is 55.4 Å². The lowest BCUT2D eigenvalue weighted by atomic mass is 9.88. The van der Waals surface area contributed by atoms with Crippen LogP contribution in [0.5, 0.6) is 0 Å². The second-order valence-electron chi connectivity index (χ2n) is 9.96. The highest BCUT2D eigenvalue weighted by Crippen LogP contribution is 2.43. The number of thiophene rings is 3. The quantitative estimate of drug-likeness (QED) is 0.530. The highest BCUT2D eigenvalue weighted by atomic mass is 32.1. The lowest BCUT2D eigenvalue weighted by Gasteiger charge is -2.32. The maximum Gasteiger partial charge on any atom is 0.505 e. The summed E-state index contributed by atoms with van der Waals surface area (Å²) in [5, 5.41) is 0. The third kappa shape index (κ3) is 3.00. The average molecular weight is 448 g/mol. The number of rotatable bonds is 2. The van der Waals surface area contributed by atoms with E-state index in [9.17, 15) is 0 Å². The van der Waals surface area contributed by atoms with Gasteiger partial charge in [-0.1, -0.05) is 0 Å². The van der Waals surface area contributed by atoms with Crippen molar-refractivity contribution < 1.29 is 18.6 Å². The minimum Gasteiger partial charge on any atom is -0.399 e. The molecule has 9 heteroatoms. The van der Waals surface area contributed by atoms with Gasteiger partial charge in [0.1, 0.15) is 0 Å². The van der Waals surface area contributed by atoms with Crippen molar-refractivity contribution in [3.05, 3.63) is 12.1 Å². The van der Waals surface area contributed by atoms with Gasteiger partial charge < -0.3 is 18.6 Å².